The van der Waals surface area contributed by atoms with Crippen LogP contribution in [0.25, 0.3) is 0 Å². The summed E-state index contributed by atoms with van der Waals surface area (Å²) in [6, 6.07) is 0. The third-order valence-corrected chi connectivity index (χ3v) is 6.57. The van der Waals surface area contributed by atoms with Gasteiger partial charge in [0.25, 0.3) is 0 Å². The number of nitrogens with zero attached hydrogens (tertiary/aromatic N) is 3. The van der Waals surface area contributed by atoms with Crippen LogP contribution in [0.2, 0.25) is 0 Å². The van der Waals surface area contributed by atoms with Crippen molar-refractivity contribution in [2.75, 3.05) is 39.3 Å². The van der Waals surface area contributed by atoms with Gasteiger partial charge in [-0.3, -0.25) is 4.90 Å². The minimum atomic E-state index is -4.49. The van der Waals surface area contributed by atoms with Gasteiger partial charge in [0.2, 0.25) is 0 Å². The molecule has 0 aromatic carbocycles. The van der Waals surface area contributed by atoms with Gasteiger partial charge in [-0.2, -0.15) is 14.0 Å². The smallest absolute Gasteiger partial charge is 0.361 e. The van der Waals surface area contributed by atoms with Gasteiger partial charge < -0.3 is 9.80 Å². The Kier molecular flexibility index (Phi) is 5.38. The van der Waals surface area contributed by atoms with Crippen LogP contribution < -0.4 is 14.0 Å². The predicted octanol–water partition coefficient (Wildman–Crippen LogP) is -0.720. The van der Waals surface area contributed by atoms with Crippen LogP contribution >= 0.6 is 0 Å². The van der Waals surface area contributed by atoms with Gasteiger partial charge in [0.05, 0.1) is 10.2 Å². The van der Waals surface area contributed by atoms with Crippen LogP contribution in [0.5, 0.6) is 0 Å². The molecule has 3 heterocycles. The second-order valence-corrected chi connectivity index (χ2v) is 8.85. The topological polar surface area (TPSA) is 88.1 Å². The maximum Gasteiger partial charge on any atom is 0.361 e. The van der Waals surface area contributed by atoms with E-state index in [2.05, 4.69) is 14.7 Å². The Bertz CT molecular complexity index is 505. The molecular formula is C18H30ClN3O4. The summed E-state index contributed by atoms with van der Waals surface area (Å²) in [6.07, 6.45) is 10.0. The Hall–Kier alpha value is -0.570. The lowest BCUT2D eigenvalue weighted by atomic mass is 10.1. The van der Waals surface area contributed by atoms with Crippen molar-refractivity contribution in [3.8, 4) is 0 Å². The van der Waals surface area contributed by atoms with Crippen molar-refractivity contribution in [1.29, 1.82) is 0 Å². The SMILES string of the molecule is [O-][Cl+3]([O-])([O-])OC1(N2CCCCC2)C(N2CCCCC2)=C1N1CCCCC1. The highest BCUT2D eigenvalue weighted by atomic mass is 35.7. The van der Waals surface area contributed by atoms with Crippen LogP contribution in [-0.4, -0.2) is 59.7 Å². The Morgan fingerprint density at radius 2 is 1.00 bits per heavy atom. The van der Waals surface area contributed by atoms with E-state index in [1.165, 1.54) is 12.8 Å². The van der Waals surface area contributed by atoms with Gasteiger partial charge in [-0.1, -0.05) is 6.42 Å². The summed E-state index contributed by atoms with van der Waals surface area (Å²) in [5, 5.41) is 0. The lowest BCUT2D eigenvalue weighted by Gasteiger charge is -2.37. The molecule has 0 spiro atoms. The van der Waals surface area contributed by atoms with Crippen molar-refractivity contribution in [2.24, 2.45) is 0 Å². The maximum atomic E-state index is 11.7. The van der Waals surface area contributed by atoms with E-state index < -0.39 is 16.0 Å². The standard InChI is InChI=1S/C18H30ClN3O4/c23-19(24,25)26-18(22-14-8-3-9-15-22)16(20-10-4-1-5-11-20)17(18)21-12-6-2-7-13-21/h1-15H2. The fourth-order valence-electron chi connectivity index (χ4n) is 4.96. The summed E-state index contributed by atoms with van der Waals surface area (Å²) >= 11 is 0. The van der Waals surface area contributed by atoms with Gasteiger partial charge in [0.1, 0.15) is 15.7 Å². The summed E-state index contributed by atoms with van der Waals surface area (Å²) in [5.74, 6) is 0. The third kappa shape index (κ3) is 3.57. The minimum absolute atomic E-state index is 0.778. The highest BCUT2D eigenvalue weighted by Crippen LogP contribution is 2.55. The van der Waals surface area contributed by atoms with Crippen LogP contribution in [-0.2, 0) is 4.29 Å². The highest BCUT2D eigenvalue weighted by Gasteiger charge is 2.73. The zero-order valence-corrected chi connectivity index (χ0v) is 16.2. The normalized spacial score (nSPS) is 27.8. The second kappa shape index (κ2) is 7.45. The predicted molar refractivity (Wildman–Crippen MR) is 87.1 cm³/mol. The number of piperidine rings is 3. The fraction of sp³-hybridized carbons (Fsp3) is 0.889. The van der Waals surface area contributed by atoms with Gasteiger partial charge in [-0.05, 0) is 51.4 Å². The highest BCUT2D eigenvalue weighted by molar-refractivity contribution is 5.50. The van der Waals surface area contributed by atoms with Gasteiger partial charge in [0, 0.05) is 39.3 Å². The van der Waals surface area contributed by atoms with Crippen LogP contribution in [0.3, 0.4) is 0 Å². The molecule has 0 radical (unpaired) electrons. The lowest BCUT2D eigenvalue weighted by Crippen LogP contribution is -2.66. The monoisotopic (exact) mass is 387 g/mol. The van der Waals surface area contributed by atoms with Crippen molar-refractivity contribution in [2.45, 2.75) is 63.5 Å². The quantitative estimate of drug-likeness (QED) is 0.615. The molecule has 0 amide bonds. The van der Waals surface area contributed by atoms with E-state index in [0.29, 0.717) is 0 Å². The van der Waals surface area contributed by atoms with E-state index in [-0.39, 0.29) is 0 Å². The molecule has 3 saturated heterocycles. The van der Waals surface area contributed by atoms with Crippen molar-refractivity contribution in [3.63, 3.8) is 0 Å². The molecule has 0 saturated carbocycles. The molecule has 0 atom stereocenters. The molecule has 4 aliphatic rings. The Balaban J connectivity index is 1.67. The molecule has 8 heteroatoms. The average Bonchev–Trinajstić information content (AvgIpc) is 3.31. The van der Waals surface area contributed by atoms with E-state index in [4.69, 9.17) is 4.29 Å². The first kappa shape index (κ1) is 18.8. The summed E-state index contributed by atoms with van der Waals surface area (Å²) in [6.45, 7) is 5.23. The fourth-order valence-corrected chi connectivity index (χ4v) is 5.48. The number of rotatable bonds is 5. The van der Waals surface area contributed by atoms with E-state index in [0.717, 1.165) is 95.6 Å². The molecular weight excluding hydrogens is 358 g/mol. The molecule has 4 rings (SSSR count). The molecule has 0 aromatic heterocycles. The summed E-state index contributed by atoms with van der Waals surface area (Å²) in [4.78, 5) is 6.66. The van der Waals surface area contributed by atoms with Gasteiger partial charge in [-0.15, -0.1) is 0 Å². The molecule has 3 fully saturated rings. The maximum absolute atomic E-state index is 11.7. The van der Waals surface area contributed by atoms with E-state index in [1.54, 1.807) is 0 Å². The van der Waals surface area contributed by atoms with Crippen LogP contribution in [0.15, 0.2) is 11.4 Å². The Morgan fingerprint density at radius 1 is 0.615 bits per heavy atom. The van der Waals surface area contributed by atoms with Crippen molar-refractivity contribution >= 4 is 0 Å². The first-order valence-electron chi connectivity index (χ1n) is 10.1. The Morgan fingerprint density at radius 3 is 1.38 bits per heavy atom. The van der Waals surface area contributed by atoms with E-state index >= 15 is 0 Å². The summed E-state index contributed by atoms with van der Waals surface area (Å²) < 4.78 is 40.4. The molecule has 148 valence electrons. The third-order valence-electron chi connectivity index (χ3n) is 6.16. The molecule has 0 bridgehead atoms. The van der Waals surface area contributed by atoms with Crippen LogP contribution in [0, 0.1) is 10.2 Å². The zero-order valence-electron chi connectivity index (χ0n) is 15.5. The van der Waals surface area contributed by atoms with Gasteiger partial charge >= 0.3 is 5.72 Å². The Labute approximate surface area is 157 Å². The van der Waals surface area contributed by atoms with E-state index in [9.17, 15) is 14.0 Å². The van der Waals surface area contributed by atoms with Crippen LogP contribution in [0.1, 0.15) is 57.8 Å². The van der Waals surface area contributed by atoms with Crippen molar-refractivity contribution in [3.05, 3.63) is 11.4 Å². The average molecular weight is 388 g/mol. The summed E-state index contributed by atoms with van der Waals surface area (Å²) in [7, 11) is -4.49. The zero-order chi connectivity index (χ0) is 18.2. The van der Waals surface area contributed by atoms with Gasteiger partial charge in [-0.25, -0.2) is 0 Å². The molecule has 0 unspecified atom stereocenters. The molecule has 3 aliphatic heterocycles. The largest absolute Gasteiger partial charge is 0.369 e. The van der Waals surface area contributed by atoms with Crippen molar-refractivity contribution < 1.29 is 28.5 Å². The number of likely N-dealkylation sites (tertiary alicyclic amines) is 3. The van der Waals surface area contributed by atoms with Crippen LogP contribution in [0.4, 0.5) is 0 Å². The molecule has 0 N–H and O–H groups in total. The second-order valence-electron chi connectivity index (χ2n) is 7.94. The number of hydrogen-bond donors (Lipinski definition) is 0. The minimum Gasteiger partial charge on any atom is -0.369 e. The molecule has 0 aromatic rings. The number of halogens is 1. The molecule has 1 aliphatic carbocycles. The first-order valence-corrected chi connectivity index (χ1v) is 11.4. The summed E-state index contributed by atoms with van der Waals surface area (Å²) in [5.41, 5.74) is 0.762. The van der Waals surface area contributed by atoms with E-state index in [1.807, 2.05) is 0 Å². The molecule has 7 nitrogen and oxygen atoms in total. The van der Waals surface area contributed by atoms with Crippen molar-refractivity contribution in [1.82, 2.24) is 14.7 Å². The lowest BCUT2D eigenvalue weighted by molar-refractivity contribution is -1.92. The first-order chi connectivity index (χ1) is 12.5. The molecule has 26 heavy (non-hydrogen) atoms. The number of hydrogen-bond acceptors (Lipinski definition) is 7. The van der Waals surface area contributed by atoms with Gasteiger partial charge in [0.15, 0.2) is 0 Å².